The number of carbonyl (C=O) groups is 1. The Morgan fingerprint density at radius 1 is 1.29 bits per heavy atom. The number of benzene rings is 2. The van der Waals surface area contributed by atoms with Gasteiger partial charge in [-0.15, -0.1) is 0 Å². The van der Waals surface area contributed by atoms with Gasteiger partial charge in [0.05, 0.1) is 16.9 Å². The molecule has 1 aliphatic heterocycles. The molecule has 2 aromatic rings. The molecule has 1 amide bonds. The predicted molar refractivity (Wildman–Crippen MR) is 82.3 cm³/mol. The highest BCUT2D eigenvalue weighted by Gasteiger charge is 2.18. The van der Waals surface area contributed by atoms with Gasteiger partial charge in [-0.2, -0.15) is 0 Å². The highest BCUT2D eigenvalue weighted by atomic mass is 19.1. The van der Waals surface area contributed by atoms with Crippen LogP contribution in [0.5, 0.6) is 0 Å². The molecule has 4 heteroatoms. The summed E-state index contributed by atoms with van der Waals surface area (Å²) in [5.41, 5.74) is 3.69. The van der Waals surface area contributed by atoms with E-state index in [0.717, 1.165) is 36.2 Å². The number of rotatable bonds is 2. The van der Waals surface area contributed by atoms with Crippen LogP contribution in [0.15, 0.2) is 36.4 Å². The number of nitrogens with one attached hydrogen (secondary N) is 2. The molecule has 0 saturated heterocycles. The number of para-hydroxylation sites is 1. The normalized spacial score (nSPS) is 13.2. The first kappa shape index (κ1) is 13.6. The first-order valence-corrected chi connectivity index (χ1v) is 7.08. The fourth-order valence-electron chi connectivity index (χ4n) is 2.62. The molecule has 3 rings (SSSR count). The lowest BCUT2D eigenvalue weighted by Gasteiger charge is -2.20. The minimum absolute atomic E-state index is 0.216. The van der Waals surface area contributed by atoms with E-state index in [1.165, 1.54) is 6.07 Å². The predicted octanol–water partition coefficient (Wildman–Crippen LogP) is 3.74. The minimum atomic E-state index is -0.424. The molecule has 21 heavy (non-hydrogen) atoms. The van der Waals surface area contributed by atoms with Gasteiger partial charge in [-0.25, -0.2) is 4.39 Å². The highest BCUT2D eigenvalue weighted by Crippen LogP contribution is 2.27. The van der Waals surface area contributed by atoms with Gasteiger partial charge in [0.15, 0.2) is 0 Å². The van der Waals surface area contributed by atoms with Gasteiger partial charge in [0, 0.05) is 6.54 Å². The van der Waals surface area contributed by atoms with E-state index >= 15 is 0 Å². The smallest absolute Gasteiger partial charge is 0.257 e. The fraction of sp³-hybridized carbons (Fsp3) is 0.235. The third kappa shape index (κ3) is 2.75. The quantitative estimate of drug-likeness (QED) is 0.882. The molecule has 1 heterocycles. The molecule has 0 unspecified atom stereocenters. The Kier molecular flexibility index (Phi) is 3.60. The summed E-state index contributed by atoms with van der Waals surface area (Å²) in [4.78, 5) is 12.4. The van der Waals surface area contributed by atoms with E-state index in [-0.39, 0.29) is 11.6 Å². The summed E-state index contributed by atoms with van der Waals surface area (Å²) >= 11 is 0. The molecule has 0 spiro atoms. The van der Waals surface area contributed by atoms with Gasteiger partial charge in [0.25, 0.3) is 5.91 Å². The Morgan fingerprint density at radius 2 is 2.14 bits per heavy atom. The zero-order valence-corrected chi connectivity index (χ0v) is 11.9. The van der Waals surface area contributed by atoms with E-state index in [4.69, 9.17) is 0 Å². The van der Waals surface area contributed by atoms with Gasteiger partial charge in [-0.3, -0.25) is 4.79 Å². The summed E-state index contributed by atoms with van der Waals surface area (Å²) in [5, 5.41) is 5.93. The Morgan fingerprint density at radius 3 is 3.00 bits per heavy atom. The lowest BCUT2D eigenvalue weighted by atomic mass is 9.99. The number of fused-ring (bicyclic) bond motifs is 1. The van der Waals surface area contributed by atoms with Gasteiger partial charge in [0.1, 0.15) is 5.82 Å². The summed E-state index contributed by atoms with van der Waals surface area (Å²) in [6, 6.07) is 10.3. The molecule has 108 valence electrons. The number of anilines is 2. The maximum atomic E-state index is 13.8. The van der Waals surface area contributed by atoms with Crippen molar-refractivity contribution in [3.63, 3.8) is 0 Å². The molecular weight excluding hydrogens is 267 g/mol. The Balaban J connectivity index is 1.91. The summed E-state index contributed by atoms with van der Waals surface area (Å²) in [6.07, 6.45) is 2.02. The molecule has 2 aromatic carbocycles. The van der Waals surface area contributed by atoms with Gasteiger partial charge in [-0.05, 0) is 49.1 Å². The Labute approximate surface area is 123 Å². The van der Waals surface area contributed by atoms with Crippen molar-refractivity contribution in [3.05, 3.63) is 58.9 Å². The van der Waals surface area contributed by atoms with Crippen LogP contribution in [0.1, 0.15) is 27.9 Å². The van der Waals surface area contributed by atoms with Crippen molar-refractivity contribution in [1.29, 1.82) is 0 Å². The number of amides is 1. The zero-order valence-electron chi connectivity index (χ0n) is 11.9. The van der Waals surface area contributed by atoms with Crippen LogP contribution in [0, 0.1) is 12.7 Å². The van der Waals surface area contributed by atoms with Crippen molar-refractivity contribution in [2.75, 3.05) is 17.2 Å². The minimum Gasteiger partial charge on any atom is -0.384 e. The topological polar surface area (TPSA) is 41.1 Å². The summed E-state index contributed by atoms with van der Waals surface area (Å²) in [6.45, 7) is 2.72. The monoisotopic (exact) mass is 284 g/mol. The van der Waals surface area contributed by atoms with E-state index < -0.39 is 5.82 Å². The fourth-order valence-corrected chi connectivity index (χ4v) is 2.62. The van der Waals surface area contributed by atoms with Crippen molar-refractivity contribution in [1.82, 2.24) is 0 Å². The SMILES string of the molecule is Cc1ccc(F)c(NC(=O)c2cccc3c2NCCC3)c1. The summed E-state index contributed by atoms with van der Waals surface area (Å²) in [7, 11) is 0. The lowest BCUT2D eigenvalue weighted by Crippen LogP contribution is -2.19. The van der Waals surface area contributed by atoms with E-state index in [1.807, 2.05) is 19.1 Å². The third-order valence-corrected chi connectivity index (χ3v) is 3.69. The van der Waals surface area contributed by atoms with Crippen LogP contribution >= 0.6 is 0 Å². The van der Waals surface area contributed by atoms with Crippen LogP contribution < -0.4 is 10.6 Å². The van der Waals surface area contributed by atoms with E-state index in [0.29, 0.717) is 5.56 Å². The maximum Gasteiger partial charge on any atom is 0.257 e. The molecule has 0 aliphatic carbocycles. The second kappa shape index (κ2) is 5.56. The van der Waals surface area contributed by atoms with Crippen molar-refractivity contribution in [2.24, 2.45) is 0 Å². The molecule has 1 aliphatic rings. The molecule has 0 bridgehead atoms. The van der Waals surface area contributed by atoms with Crippen molar-refractivity contribution >= 4 is 17.3 Å². The standard InChI is InChI=1S/C17H17FN2O/c1-11-7-8-14(18)15(10-11)20-17(21)13-6-2-4-12-5-3-9-19-16(12)13/h2,4,6-8,10,19H,3,5,9H2,1H3,(H,20,21). The Hall–Kier alpha value is -2.36. The molecule has 0 fully saturated rings. The van der Waals surface area contributed by atoms with Gasteiger partial charge in [-0.1, -0.05) is 18.2 Å². The van der Waals surface area contributed by atoms with Crippen LogP contribution in [0.4, 0.5) is 15.8 Å². The van der Waals surface area contributed by atoms with Gasteiger partial charge >= 0.3 is 0 Å². The number of hydrogen-bond acceptors (Lipinski definition) is 2. The van der Waals surface area contributed by atoms with Crippen molar-refractivity contribution in [3.8, 4) is 0 Å². The average Bonchev–Trinajstić information content (AvgIpc) is 2.50. The van der Waals surface area contributed by atoms with Gasteiger partial charge < -0.3 is 10.6 Å². The molecular formula is C17H17FN2O. The second-order valence-corrected chi connectivity index (χ2v) is 5.31. The van der Waals surface area contributed by atoms with Crippen LogP contribution in [-0.2, 0) is 6.42 Å². The first-order valence-electron chi connectivity index (χ1n) is 7.08. The second-order valence-electron chi connectivity index (χ2n) is 5.31. The van der Waals surface area contributed by atoms with Crippen LogP contribution in [0.2, 0.25) is 0 Å². The van der Waals surface area contributed by atoms with Gasteiger partial charge in [0.2, 0.25) is 0 Å². The summed E-state index contributed by atoms with van der Waals surface area (Å²) in [5.74, 6) is -0.711. The van der Waals surface area contributed by atoms with E-state index in [1.54, 1.807) is 18.2 Å². The van der Waals surface area contributed by atoms with Crippen LogP contribution in [0.25, 0.3) is 0 Å². The molecule has 0 radical (unpaired) electrons. The maximum absolute atomic E-state index is 13.8. The first-order chi connectivity index (χ1) is 10.1. The van der Waals surface area contributed by atoms with Crippen LogP contribution in [-0.4, -0.2) is 12.5 Å². The van der Waals surface area contributed by atoms with Crippen molar-refractivity contribution < 1.29 is 9.18 Å². The number of aryl methyl sites for hydroxylation is 2. The highest BCUT2D eigenvalue weighted by molar-refractivity contribution is 6.08. The lowest BCUT2D eigenvalue weighted by molar-refractivity contribution is 0.102. The largest absolute Gasteiger partial charge is 0.384 e. The van der Waals surface area contributed by atoms with E-state index in [2.05, 4.69) is 10.6 Å². The van der Waals surface area contributed by atoms with Crippen molar-refractivity contribution in [2.45, 2.75) is 19.8 Å². The molecule has 2 N–H and O–H groups in total. The van der Waals surface area contributed by atoms with E-state index in [9.17, 15) is 9.18 Å². The number of hydrogen-bond donors (Lipinski definition) is 2. The van der Waals surface area contributed by atoms with Crippen LogP contribution in [0.3, 0.4) is 0 Å². The number of halogens is 1. The Bertz CT molecular complexity index is 697. The zero-order chi connectivity index (χ0) is 14.8. The molecule has 0 saturated carbocycles. The molecule has 3 nitrogen and oxygen atoms in total. The third-order valence-electron chi connectivity index (χ3n) is 3.69. The molecule has 0 aromatic heterocycles. The average molecular weight is 284 g/mol. The number of carbonyl (C=O) groups excluding carboxylic acids is 1. The summed E-state index contributed by atoms with van der Waals surface area (Å²) < 4.78 is 13.8. The molecule has 0 atom stereocenters.